The van der Waals surface area contributed by atoms with E-state index in [-0.39, 0.29) is 0 Å². The van der Waals surface area contributed by atoms with Gasteiger partial charge in [-0.05, 0) is 136 Å². The molecule has 4 nitrogen and oxygen atoms in total. The average Bonchev–Trinajstić information content (AvgIpc) is 3.28. The van der Waals surface area contributed by atoms with E-state index in [1.807, 2.05) is 49.1 Å². The number of aromatic nitrogens is 4. The first-order valence-electron chi connectivity index (χ1n) is 19.3. The monoisotopic (exact) mass is 774 g/mol. The maximum Gasteiger partial charge on any atom is 0.134 e. The lowest BCUT2D eigenvalue weighted by Crippen LogP contribution is -2.00. The Morgan fingerprint density at radius 2 is 0.603 bits per heavy atom. The lowest BCUT2D eigenvalue weighted by Gasteiger charge is -2.25. The lowest BCUT2D eigenvalue weighted by atomic mass is 9.81. The number of fused-ring (bicyclic) bond motifs is 7. The summed E-state index contributed by atoms with van der Waals surface area (Å²) in [5.74, 6) is 0. The molecule has 270 valence electrons. The largest absolute Gasteiger partial charge is 0.265 e. The van der Waals surface area contributed by atoms with E-state index in [9.17, 15) is 0 Å². The molecule has 0 amide bonds. The lowest BCUT2D eigenvalue weighted by molar-refractivity contribution is 0.953. The maximum absolute atomic E-state index is 5.13. The van der Waals surface area contributed by atoms with E-state index in [1.165, 1.54) is 86.3 Å². The van der Waals surface area contributed by atoms with Crippen LogP contribution in [0.2, 0.25) is 0 Å². The summed E-state index contributed by atoms with van der Waals surface area (Å²) in [4.78, 5) is 21.4. The van der Waals surface area contributed by atoms with Crippen molar-refractivity contribution in [3.8, 4) is 44.5 Å². The van der Waals surface area contributed by atoms with Gasteiger partial charge >= 0.3 is 0 Å². The third kappa shape index (κ3) is 5.19. The average molecular weight is 775 g/mol. The number of para-hydroxylation sites is 2. The van der Waals surface area contributed by atoms with Crippen molar-refractivity contribution in [2.24, 2.45) is 0 Å². The second-order valence-corrected chi connectivity index (χ2v) is 16.6. The van der Waals surface area contributed by atoms with Crippen molar-refractivity contribution in [2.75, 3.05) is 0 Å². The zero-order valence-corrected chi connectivity index (χ0v) is 32.6. The molecule has 3 aromatic heterocycles. The Morgan fingerprint density at radius 1 is 0.310 bits per heavy atom. The Balaban J connectivity index is 1.23. The predicted molar refractivity (Wildman–Crippen MR) is 242 cm³/mol. The molecule has 0 spiro atoms. The molecule has 0 radical (unpaired) electrons. The van der Waals surface area contributed by atoms with Gasteiger partial charge in [-0.2, -0.15) is 0 Å². The summed E-state index contributed by atoms with van der Waals surface area (Å²) in [5, 5.41) is 11.5. The number of nitrogens with zero attached hydrogens (tertiary/aromatic N) is 4. The summed E-state index contributed by atoms with van der Waals surface area (Å²) in [6.07, 6.45) is 7.55. The van der Waals surface area contributed by atoms with Crippen LogP contribution in [0.5, 0.6) is 0 Å². The van der Waals surface area contributed by atoms with Crippen LogP contribution in [0.3, 0.4) is 0 Å². The van der Waals surface area contributed by atoms with Crippen LogP contribution in [0.15, 0.2) is 202 Å². The first-order chi connectivity index (χ1) is 28.8. The van der Waals surface area contributed by atoms with E-state index in [0.717, 1.165) is 32.2 Å². The molecule has 4 heterocycles. The maximum atomic E-state index is 5.13. The van der Waals surface area contributed by atoms with Gasteiger partial charge in [0.05, 0.1) is 11.0 Å². The standard InChI is InChI=1S/C52H30N4S2/c1-5-15-37-33(11-1)47(31-21-25-53-26-22-31)34-12-2-6-16-38(34)49(37)41-29-45-46(58-52-51(57-45)55-43-19-9-10-20-44(43)56-52)30-42(41)50-39-17-7-3-13-35(39)48(32-23-27-54-28-24-32)36-14-4-8-18-40(36)50/h1-30H. The van der Waals surface area contributed by atoms with Gasteiger partial charge in [0.1, 0.15) is 10.1 Å². The quantitative estimate of drug-likeness (QED) is 0.166. The molecule has 11 aromatic rings. The minimum atomic E-state index is 0.908. The molecule has 0 N–H and O–H groups in total. The molecule has 0 aliphatic carbocycles. The van der Waals surface area contributed by atoms with Crippen LogP contribution >= 0.6 is 23.5 Å². The van der Waals surface area contributed by atoms with Crippen LogP contribution in [-0.2, 0) is 0 Å². The fourth-order valence-electron chi connectivity index (χ4n) is 8.94. The first-order valence-corrected chi connectivity index (χ1v) is 20.9. The Bertz CT molecular complexity index is 3120. The van der Waals surface area contributed by atoms with Crippen molar-refractivity contribution < 1.29 is 0 Å². The van der Waals surface area contributed by atoms with Crippen molar-refractivity contribution in [3.05, 3.63) is 183 Å². The molecule has 1 aliphatic heterocycles. The van der Waals surface area contributed by atoms with E-state index in [2.05, 4.69) is 143 Å². The van der Waals surface area contributed by atoms with Gasteiger partial charge in [-0.3, -0.25) is 9.97 Å². The van der Waals surface area contributed by atoms with E-state index < -0.39 is 0 Å². The van der Waals surface area contributed by atoms with E-state index >= 15 is 0 Å². The Kier molecular flexibility index (Phi) is 7.68. The van der Waals surface area contributed by atoms with Gasteiger partial charge in [0.25, 0.3) is 0 Å². The zero-order valence-electron chi connectivity index (χ0n) is 30.9. The third-order valence-corrected chi connectivity index (χ3v) is 13.7. The minimum Gasteiger partial charge on any atom is -0.265 e. The van der Waals surface area contributed by atoms with Gasteiger partial charge in [-0.1, -0.05) is 133 Å². The Hall–Kier alpha value is -6.86. The topological polar surface area (TPSA) is 51.6 Å². The highest BCUT2D eigenvalue weighted by Crippen LogP contribution is 2.55. The molecule has 0 unspecified atom stereocenters. The number of hydrogen-bond acceptors (Lipinski definition) is 6. The highest BCUT2D eigenvalue weighted by molar-refractivity contribution is 8.05. The molecule has 0 fully saturated rings. The van der Waals surface area contributed by atoms with Crippen LogP contribution in [0.4, 0.5) is 0 Å². The fraction of sp³-hybridized carbons (Fsp3) is 0. The van der Waals surface area contributed by atoms with Gasteiger partial charge in [0, 0.05) is 34.6 Å². The van der Waals surface area contributed by atoms with E-state index in [4.69, 9.17) is 9.97 Å². The zero-order chi connectivity index (χ0) is 38.2. The summed E-state index contributed by atoms with van der Waals surface area (Å²) in [7, 11) is 0. The highest BCUT2D eigenvalue weighted by Gasteiger charge is 2.28. The molecular formula is C52H30N4S2. The van der Waals surface area contributed by atoms with Crippen molar-refractivity contribution in [1.29, 1.82) is 0 Å². The van der Waals surface area contributed by atoms with Gasteiger partial charge in [-0.15, -0.1) is 0 Å². The summed E-state index contributed by atoms with van der Waals surface area (Å²) < 4.78 is 0. The van der Waals surface area contributed by atoms with Crippen LogP contribution in [0.25, 0.3) is 98.6 Å². The summed E-state index contributed by atoms with van der Waals surface area (Å²) in [6.45, 7) is 0. The normalized spacial score (nSPS) is 12.3. The predicted octanol–water partition coefficient (Wildman–Crippen LogP) is 14.3. The van der Waals surface area contributed by atoms with Crippen LogP contribution < -0.4 is 0 Å². The molecule has 0 saturated carbocycles. The minimum absolute atomic E-state index is 0.908. The van der Waals surface area contributed by atoms with Crippen molar-refractivity contribution in [1.82, 2.24) is 19.9 Å². The molecule has 0 atom stereocenters. The molecule has 6 heteroatoms. The Labute approximate surface area is 342 Å². The second-order valence-electron chi connectivity index (χ2n) is 14.5. The van der Waals surface area contributed by atoms with Gasteiger partial charge < -0.3 is 0 Å². The number of benzene rings is 8. The van der Waals surface area contributed by atoms with E-state index in [0.29, 0.717) is 0 Å². The first kappa shape index (κ1) is 33.3. The highest BCUT2D eigenvalue weighted by atomic mass is 32.2. The molecule has 12 rings (SSSR count). The smallest absolute Gasteiger partial charge is 0.134 e. The molecular weight excluding hydrogens is 745 g/mol. The van der Waals surface area contributed by atoms with Crippen LogP contribution in [0, 0.1) is 0 Å². The fourth-order valence-corrected chi connectivity index (χ4v) is 11.1. The van der Waals surface area contributed by atoms with Crippen molar-refractivity contribution in [2.45, 2.75) is 19.8 Å². The molecule has 58 heavy (non-hydrogen) atoms. The van der Waals surface area contributed by atoms with Crippen LogP contribution in [-0.4, -0.2) is 19.9 Å². The Morgan fingerprint density at radius 3 is 0.931 bits per heavy atom. The summed E-state index contributed by atoms with van der Waals surface area (Å²) in [6, 6.07) is 57.1. The molecule has 8 aromatic carbocycles. The van der Waals surface area contributed by atoms with Crippen LogP contribution in [0.1, 0.15) is 0 Å². The molecule has 0 saturated heterocycles. The number of hydrogen-bond donors (Lipinski definition) is 0. The number of pyridine rings is 2. The van der Waals surface area contributed by atoms with Crippen molar-refractivity contribution in [3.63, 3.8) is 0 Å². The SMILES string of the molecule is c1ccc2nc3c(nc2c1)Sc1cc(-c2c4ccccc4c(-c4ccncc4)c4ccccc24)c(-c2c4ccccc4c(-c4ccncc4)c4ccccc24)cc1S3. The third-order valence-electron chi connectivity index (χ3n) is 11.3. The van der Waals surface area contributed by atoms with Gasteiger partial charge in [0.2, 0.25) is 0 Å². The van der Waals surface area contributed by atoms with E-state index in [1.54, 1.807) is 23.5 Å². The molecule has 1 aliphatic rings. The second kappa shape index (κ2) is 13.4. The summed E-state index contributed by atoms with van der Waals surface area (Å²) in [5.41, 5.74) is 11.4. The van der Waals surface area contributed by atoms with Crippen molar-refractivity contribution >= 4 is 77.6 Å². The molecule has 0 bridgehead atoms. The number of rotatable bonds is 4. The summed E-state index contributed by atoms with van der Waals surface area (Å²) >= 11 is 3.44. The van der Waals surface area contributed by atoms with Gasteiger partial charge in [-0.25, -0.2) is 9.97 Å². The van der Waals surface area contributed by atoms with Gasteiger partial charge in [0.15, 0.2) is 0 Å².